The number of halogens is 1. The molecular formula is C13H15BrN2O4. The molecule has 0 atom stereocenters. The number of amides is 2. The molecule has 1 N–H and O–H groups in total. The molecule has 0 aliphatic rings. The summed E-state index contributed by atoms with van der Waals surface area (Å²) in [4.78, 5) is 35.6. The van der Waals surface area contributed by atoms with Crippen LogP contribution in [0.4, 0.5) is 0 Å². The SMILES string of the molecule is CNC(=O)CN(C)C(=O)COC(=O)c1ccc(Br)cc1. The Hall–Kier alpha value is -1.89. The normalized spacial score (nSPS) is 9.75. The van der Waals surface area contributed by atoms with Gasteiger partial charge in [-0.2, -0.15) is 0 Å². The number of rotatable bonds is 5. The second-order valence-electron chi connectivity index (χ2n) is 4.01. The van der Waals surface area contributed by atoms with Gasteiger partial charge >= 0.3 is 5.97 Å². The van der Waals surface area contributed by atoms with E-state index < -0.39 is 18.5 Å². The quantitative estimate of drug-likeness (QED) is 0.803. The summed E-state index contributed by atoms with van der Waals surface area (Å²) in [5.41, 5.74) is 0.356. The topological polar surface area (TPSA) is 75.7 Å². The van der Waals surface area contributed by atoms with Crippen molar-refractivity contribution in [1.29, 1.82) is 0 Å². The highest BCUT2D eigenvalue weighted by atomic mass is 79.9. The van der Waals surface area contributed by atoms with Crippen molar-refractivity contribution in [3.8, 4) is 0 Å². The number of hydrogen-bond acceptors (Lipinski definition) is 4. The van der Waals surface area contributed by atoms with Crippen molar-refractivity contribution in [2.45, 2.75) is 0 Å². The molecule has 7 heteroatoms. The molecule has 0 radical (unpaired) electrons. The van der Waals surface area contributed by atoms with Crippen molar-refractivity contribution >= 4 is 33.7 Å². The summed E-state index contributed by atoms with van der Waals surface area (Å²) < 4.78 is 5.73. The fourth-order valence-electron chi connectivity index (χ4n) is 1.29. The van der Waals surface area contributed by atoms with Crippen LogP contribution in [0.3, 0.4) is 0 Å². The minimum Gasteiger partial charge on any atom is -0.452 e. The van der Waals surface area contributed by atoms with Crippen LogP contribution in [0.15, 0.2) is 28.7 Å². The highest BCUT2D eigenvalue weighted by Gasteiger charge is 2.15. The van der Waals surface area contributed by atoms with Crippen LogP contribution in [0.1, 0.15) is 10.4 Å². The number of ether oxygens (including phenoxy) is 1. The van der Waals surface area contributed by atoms with Gasteiger partial charge in [0.25, 0.3) is 5.91 Å². The summed E-state index contributed by atoms with van der Waals surface area (Å²) in [5.74, 6) is -1.32. The second kappa shape index (κ2) is 7.64. The van der Waals surface area contributed by atoms with Gasteiger partial charge < -0.3 is 15.0 Å². The first-order valence-electron chi connectivity index (χ1n) is 5.81. The predicted octanol–water partition coefficient (Wildman–Crippen LogP) is 0.810. The highest BCUT2D eigenvalue weighted by molar-refractivity contribution is 9.10. The van der Waals surface area contributed by atoms with Crippen LogP contribution in [0, 0.1) is 0 Å². The van der Waals surface area contributed by atoms with Crippen LogP contribution < -0.4 is 5.32 Å². The summed E-state index contributed by atoms with van der Waals surface area (Å²) in [6.07, 6.45) is 0. The lowest BCUT2D eigenvalue weighted by Gasteiger charge is -2.15. The lowest BCUT2D eigenvalue weighted by molar-refractivity contribution is -0.137. The molecule has 0 aliphatic carbocycles. The maximum absolute atomic E-state index is 11.7. The predicted molar refractivity (Wildman–Crippen MR) is 76.1 cm³/mol. The number of esters is 1. The highest BCUT2D eigenvalue weighted by Crippen LogP contribution is 2.11. The van der Waals surface area contributed by atoms with Crippen LogP contribution >= 0.6 is 15.9 Å². The molecule has 1 aromatic carbocycles. The minimum absolute atomic E-state index is 0.0782. The van der Waals surface area contributed by atoms with Gasteiger partial charge in [-0.05, 0) is 24.3 Å². The Morgan fingerprint density at radius 3 is 2.40 bits per heavy atom. The van der Waals surface area contributed by atoms with Crippen LogP contribution in [0.5, 0.6) is 0 Å². The molecule has 2 amide bonds. The van der Waals surface area contributed by atoms with E-state index in [1.165, 1.54) is 19.0 Å². The molecule has 0 aliphatic heterocycles. The van der Waals surface area contributed by atoms with Crippen LogP contribution in [0.2, 0.25) is 0 Å². The first-order valence-corrected chi connectivity index (χ1v) is 6.60. The standard InChI is InChI=1S/C13H15BrN2O4/c1-15-11(17)7-16(2)12(18)8-20-13(19)9-3-5-10(14)6-4-9/h3-6H,7-8H2,1-2H3,(H,15,17). The molecule has 20 heavy (non-hydrogen) atoms. The molecule has 0 saturated carbocycles. The maximum Gasteiger partial charge on any atom is 0.338 e. The molecule has 0 unspecified atom stereocenters. The summed E-state index contributed by atoms with van der Waals surface area (Å²) in [6.45, 7) is -0.479. The zero-order chi connectivity index (χ0) is 15.1. The largest absolute Gasteiger partial charge is 0.452 e. The van der Waals surface area contributed by atoms with Crippen molar-refractivity contribution < 1.29 is 19.1 Å². The summed E-state index contributed by atoms with van der Waals surface area (Å²) >= 11 is 3.25. The molecule has 0 bridgehead atoms. The number of carbonyl (C=O) groups excluding carboxylic acids is 3. The lowest BCUT2D eigenvalue weighted by atomic mass is 10.2. The van der Waals surface area contributed by atoms with E-state index in [-0.39, 0.29) is 12.5 Å². The van der Waals surface area contributed by atoms with Crippen molar-refractivity contribution in [2.75, 3.05) is 27.2 Å². The molecule has 0 spiro atoms. The molecule has 1 aromatic rings. The number of carbonyl (C=O) groups is 3. The number of likely N-dealkylation sites (N-methyl/N-ethyl adjacent to an activating group) is 2. The van der Waals surface area contributed by atoms with Gasteiger partial charge in [0.15, 0.2) is 6.61 Å². The number of benzene rings is 1. The van der Waals surface area contributed by atoms with E-state index in [0.29, 0.717) is 5.56 Å². The zero-order valence-electron chi connectivity index (χ0n) is 11.2. The number of nitrogens with zero attached hydrogens (tertiary/aromatic N) is 1. The van der Waals surface area contributed by atoms with E-state index in [1.807, 2.05) is 0 Å². The fourth-order valence-corrected chi connectivity index (χ4v) is 1.55. The van der Waals surface area contributed by atoms with E-state index in [9.17, 15) is 14.4 Å². The van der Waals surface area contributed by atoms with Gasteiger partial charge in [0.2, 0.25) is 5.91 Å². The molecule has 6 nitrogen and oxygen atoms in total. The van der Waals surface area contributed by atoms with Gasteiger partial charge in [0.1, 0.15) is 0 Å². The first kappa shape index (κ1) is 16.2. The van der Waals surface area contributed by atoms with Crippen molar-refractivity contribution in [2.24, 2.45) is 0 Å². The minimum atomic E-state index is -0.584. The van der Waals surface area contributed by atoms with E-state index in [4.69, 9.17) is 4.74 Å². The summed E-state index contributed by atoms with van der Waals surface area (Å²) in [6, 6.07) is 6.59. The third kappa shape index (κ3) is 5.00. The van der Waals surface area contributed by atoms with Crippen LogP contribution in [-0.2, 0) is 14.3 Å². The van der Waals surface area contributed by atoms with Gasteiger partial charge in [-0.25, -0.2) is 4.79 Å². The van der Waals surface area contributed by atoms with Gasteiger partial charge in [0.05, 0.1) is 12.1 Å². The van der Waals surface area contributed by atoms with Gasteiger partial charge in [0, 0.05) is 18.6 Å². The second-order valence-corrected chi connectivity index (χ2v) is 4.92. The maximum atomic E-state index is 11.7. The molecule has 0 saturated heterocycles. The third-order valence-electron chi connectivity index (χ3n) is 2.49. The summed E-state index contributed by atoms with van der Waals surface area (Å²) in [7, 11) is 2.94. The first-order chi connectivity index (χ1) is 9.43. The van der Waals surface area contributed by atoms with Crippen molar-refractivity contribution in [3.05, 3.63) is 34.3 Å². The Balaban J connectivity index is 2.46. The van der Waals surface area contributed by atoms with E-state index in [0.717, 1.165) is 4.47 Å². The van der Waals surface area contributed by atoms with E-state index in [1.54, 1.807) is 24.3 Å². The van der Waals surface area contributed by atoms with Crippen LogP contribution in [0.25, 0.3) is 0 Å². The molecule has 1 rings (SSSR count). The lowest BCUT2D eigenvalue weighted by Crippen LogP contribution is -2.39. The monoisotopic (exact) mass is 342 g/mol. The Bertz CT molecular complexity index is 502. The number of nitrogens with one attached hydrogen (secondary N) is 1. The molecule has 0 aromatic heterocycles. The third-order valence-corrected chi connectivity index (χ3v) is 3.02. The molecule has 0 fully saturated rings. The summed E-state index contributed by atoms with van der Waals surface area (Å²) in [5, 5.41) is 2.40. The zero-order valence-corrected chi connectivity index (χ0v) is 12.8. The number of hydrogen-bond donors (Lipinski definition) is 1. The fraction of sp³-hybridized carbons (Fsp3) is 0.308. The molecule has 108 valence electrons. The Morgan fingerprint density at radius 2 is 1.85 bits per heavy atom. The van der Waals surface area contributed by atoms with Gasteiger partial charge in [-0.1, -0.05) is 15.9 Å². The Kier molecular flexibility index (Phi) is 6.17. The van der Waals surface area contributed by atoms with Crippen molar-refractivity contribution in [3.63, 3.8) is 0 Å². The average Bonchev–Trinajstić information content (AvgIpc) is 2.44. The smallest absolute Gasteiger partial charge is 0.338 e. The Labute approximate surface area is 125 Å². The average molecular weight is 343 g/mol. The van der Waals surface area contributed by atoms with E-state index in [2.05, 4.69) is 21.2 Å². The molecule has 0 heterocycles. The van der Waals surface area contributed by atoms with E-state index >= 15 is 0 Å². The molecular weight excluding hydrogens is 328 g/mol. The van der Waals surface area contributed by atoms with Crippen LogP contribution in [-0.4, -0.2) is 49.9 Å². The Morgan fingerprint density at radius 1 is 1.25 bits per heavy atom. The van der Waals surface area contributed by atoms with Gasteiger partial charge in [-0.3, -0.25) is 9.59 Å². The van der Waals surface area contributed by atoms with Gasteiger partial charge in [-0.15, -0.1) is 0 Å². The van der Waals surface area contributed by atoms with Crippen molar-refractivity contribution in [1.82, 2.24) is 10.2 Å².